The number of aliphatic imine (C=N–C) groups is 1. The lowest BCUT2D eigenvalue weighted by Crippen LogP contribution is -2.12. The zero-order valence-electron chi connectivity index (χ0n) is 7.74. The van der Waals surface area contributed by atoms with Crippen molar-refractivity contribution in [1.29, 1.82) is 0 Å². The molecule has 3 rings (SSSR count). The number of halogens is 2. The number of hydrogen-bond donors (Lipinski definition) is 0. The van der Waals surface area contributed by atoms with Gasteiger partial charge in [-0.05, 0) is 34.8 Å². The van der Waals surface area contributed by atoms with Crippen LogP contribution in [-0.4, -0.2) is 17.3 Å². The highest BCUT2D eigenvalue weighted by atomic mass is 79.9. The van der Waals surface area contributed by atoms with Crippen molar-refractivity contribution < 1.29 is 0 Å². The monoisotopic (exact) mass is 274 g/mol. The van der Waals surface area contributed by atoms with Gasteiger partial charge in [-0.25, -0.2) is 0 Å². The van der Waals surface area contributed by atoms with Gasteiger partial charge >= 0.3 is 0 Å². The second-order valence-electron chi connectivity index (χ2n) is 3.76. The highest BCUT2D eigenvalue weighted by molar-refractivity contribution is 9.10. The van der Waals surface area contributed by atoms with Gasteiger partial charge < -0.3 is 4.57 Å². The first-order valence-electron chi connectivity index (χ1n) is 4.75. The van der Waals surface area contributed by atoms with Crippen LogP contribution in [0, 0.1) is 0 Å². The van der Waals surface area contributed by atoms with Crippen molar-refractivity contribution in [3.8, 4) is 0 Å². The van der Waals surface area contributed by atoms with Crippen molar-refractivity contribution in [3.63, 3.8) is 0 Å². The maximum Gasteiger partial charge on any atom is 0.0602 e. The first-order valence-corrected chi connectivity index (χ1v) is 5.54. The van der Waals surface area contributed by atoms with Crippen LogP contribution in [0.5, 0.6) is 0 Å². The van der Waals surface area contributed by atoms with E-state index >= 15 is 0 Å². The van der Waals surface area contributed by atoms with Crippen LogP contribution in [0.4, 0.5) is 0 Å². The van der Waals surface area contributed by atoms with Gasteiger partial charge in [0.2, 0.25) is 0 Å². The second kappa shape index (κ2) is 3.70. The van der Waals surface area contributed by atoms with Crippen LogP contribution in [0.2, 0.25) is 0 Å². The topological polar surface area (TPSA) is 17.3 Å². The number of fused-ring (bicyclic) bond motifs is 1. The number of aromatic nitrogens is 1. The highest BCUT2D eigenvalue weighted by Gasteiger charge is 2.30. The van der Waals surface area contributed by atoms with Gasteiger partial charge in [0.1, 0.15) is 0 Å². The van der Waals surface area contributed by atoms with Gasteiger partial charge in [-0.2, -0.15) is 0 Å². The molecule has 0 N–H and O–H groups in total. The quantitative estimate of drug-likeness (QED) is 0.750. The van der Waals surface area contributed by atoms with Crippen molar-refractivity contribution >= 4 is 34.6 Å². The van der Waals surface area contributed by atoms with Crippen molar-refractivity contribution in [2.24, 2.45) is 4.99 Å². The fourth-order valence-electron chi connectivity index (χ4n) is 1.99. The molecule has 0 aromatic carbocycles. The molecule has 0 spiro atoms. The number of rotatable bonds is 1. The van der Waals surface area contributed by atoms with Crippen LogP contribution < -0.4 is 0 Å². The molecule has 0 unspecified atom stereocenters. The third kappa shape index (κ3) is 1.52. The average Bonchev–Trinajstić information content (AvgIpc) is 2.88. The molecule has 0 amide bonds. The lowest BCUT2D eigenvalue weighted by atomic mass is 10.3. The molecule has 0 bridgehead atoms. The summed E-state index contributed by atoms with van der Waals surface area (Å²) in [6.45, 7) is 2.00. The maximum atomic E-state index is 4.29. The molecule has 76 valence electrons. The van der Waals surface area contributed by atoms with Crippen LogP contribution in [0.3, 0.4) is 0 Å². The Bertz CT molecular complexity index is 380. The van der Waals surface area contributed by atoms with Crippen molar-refractivity contribution in [1.82, 2.24) is 4.57 Å². The van der Waals surface area contributed by atoms with Gasteiger partial charge in [0.15, 0.2) is 0 Å². The first-order chi connectivity index (χ1) is 6.36. The van der Waals surface area contributed by atoms with Crippen LogP contribution in [0.15, 0.2) is 15.5 Å². The standard InChI is InChI=1S/C10H11BrN2.ClH/c11-9-5-8-6-12-3-4-13(8)10(9)7-1-2-7;/h5-7H,1-4H2;1H. The lowest BCUT2D eigenvalue weighted by molar-refractivity contribution is 0.658. The van der Waals surface area contributed by atoms with E-state index in [1.54, 1.807) is 0 Å². The van der Waals surface area contributed by atoms with E-state index in [0.29, 0.717) is 0 Å². The van der Waals surface area contributed by atoms with E-state index in [9.17, 15) is 0 Å². The van der Waals surface area contributed by atoms with Gasteiger partial charge in [0.25, 0.3) is 0 Å². The summed E-state index contributed by atoms with van der Waals surface area (Å²) < 4.78 is 3.69. The third-order valence-electron chi connectivity index (χ3n) is 2.76. The summed E-state index contributed by atoms with van der Waals surface area (Å²) >= 11 is 3.64. The number of hydrogen-bond acceptors (Lipinski definition) is 1. The van der Waals surface area contributed by atoms with Gasteiger partial charge in [0.05, 0.1) is 12.2 Å². The van der Waals surface area contributed by atoms with E-state index < -0.39 is 0 Å². The molecule has 1 aromatic rings. The summed E-state index contributed by atoms with van der Waals surface area (Å²) in [6.07, 6.45) is 4.71. The summed E-state index contributed by atoms with van der Waals surface area (Å²) in [6, 6.07) is 2.19. The zero-order chi connectivity index (χ0) is 8.84. The Morgan fingerprint density at radius 3 is 2.93 bits per heavy atom. The molecule has 2 aliphatic rings. The average molecular weight is 276 g/mol. The van der Waals surface area contributed by atoms with Crippen molar-refractivity contribution in [3.05, 3.63) is 21.9 Å². The predicted octanol–water partition coefficient (Wildman–Crippen LogP) is 2.98. The number of nitrogens with zero attached hydrogens (tertiary/aromatic N) is 2. The minimum Gasteiger partial charge on any atom is -0.341 e. The fourth-order valence-corrected chi connectivity index (χ4v) is 2.77. The molecule has 2 heterocycles. The molecule has 1 aromatic heterocycles. The molecule has 1 saturated carbocycles. The van der Waals surface area contributed by atoms with E-state index in [1.807, 2.05) is 6.21 Å². The fraction of sp³-hybridized carbons (Fsp3) is 0.500. The summed E-state index contributed by atoms with van der Waals surface area (Å²) in [5.41, 5.74) is 2.76. The normalized spacial score (nSPS) is 18.9. The molecule has 1 fully saturated rings. The molecule has 1 aliphatic heterocycles. The van der Waals surface area contributed by atoms with Gasteiger partial charge in [-0.3, -0.25) is 4.99 Å². The van der Waals surface area contributed by atoms with E-state index in [4.69, 9.17) is 0 Å². The molecule has 0 saturated heterocycles. The molecule has 1 aliphatic carbocycles. The Morgan fingerprint density at radius 2 is 2.21 bits per heavy atom. The van der Waals surface area contributed by atoms with Crippen LogP contribution in [0.1, 0.15) is 30.1 Å². The van der Waals surface area contributed by atoms with Crippen molar-refractivity contribution in [2.75, 3.05) is 6.54 Å². The maximum absolute atomic E-state index is 4.29. The van der Waals surface area contributed by atoms with Gasteiger partial charge in [-0.15, -0.1) is 12.4 Å². The largest absolute Gasteiger partial charge is 0.341 e. The van der Waals surface area contributed by atoms with Crippen LogP contribution >= 0.6 is 28.3 Å². The molecule has 0 radical (unpaired) electrons. The molecule has 4 heteroatoms. The molecule has 14 heavy (non-hydrogen) atoms. The van der Waals surface area contributed by atoms with E-state index in [1.165, 1.54) is 28.7 Å². The van der Waals surface area contributed by atoms with Gasteiger partial charge in [-0.1, -0.05) is 0 Å². The zero-order valence-corrected chi connectivity index (χ0v) is 10.1. The summed E-state index contributed by atoms with van der Waals surface area (Å²) in [5, 5.41) is 0. The second-order valence-corrected chi connectivity index (χ2v) is 4.62. The van der Waals surface area contributed by atoms with Crippen LogP contribution in [0.25, 0.3) is 0 Å². The lowest BCUT2D eigenvalue weighted by Gasteiger charge is -2.13. The van der Waals surface area contributed by atoms with E-state index in [-0.39, 0.29) is 12.4 Å². The molecular weight excluding hydrogens is 263 g/mol. The van der Waals surface area contributed by atoms with Gasteiger partial charge in [0, 0.05) is 28.8 Å². The Hall–Kier alpha value is -0.280. The molecule has 2 nitrogen and oxygen atoms in total. The molecular formula is C10H12BrClN2. The Balaban J connectivity index is 0.000000750. The van der Waals surface area contributed by atoms with Crippen LogP contribution in [-0.2, 0) is 6.54 Å². The minimum absolute atomic E-state index is 0. The van der Waals surface area contributed by atoms with E-state index in [2.05, 4.69) is 31.6 Å². The highest BCUT2D eigenvalue weighted by Crippen LogP contribution is 2.44. The summed E-state index contributed by atoms with van der Waals surface area (Å²) in [5.74, 6) is 0.814. The third-order valence-corrected chi connectivity index (χ3v) is 3.40. The minimum atomic E-state index is 0. The molecule has 0 atom stereocenters. The Kier molecular flexibility index (Phi) is 2.71. The summed E-state index contributed by atoms with van der Waals surface area (Å²) in [4.78, 5) is 4.29. The first kappa shape index (κ1) is 10.2. The Labute approximate surface area is 97.9 Å². The summed E-state index contributed by atoms with van der Waals surface area (Å²) in [7, 11) is 0. The predicted molar refractivity (Wildman–Crippen MR) is 63.8 cm³/mol. The SMILES string of the molecule is Brc1cc2n(c1C1CC1)CCN=C2.Cl. The smallest absolute Gasteiger partial charge is 0.0602 e. The Morgan fingerprint density at radius 1 is 1.43 bits per heavy atom. The van der Waals surface area contributed by atoms with Crippen molar-refractivity contribution in [2.45, 2.75) is 25.3 Å². The van der Waals surface area contributed by atoms with E-state index in [0.717, 1.165) is 19.0 Å².